The van der Waals surface area contributed by atoms with Crippen LogP contribution in [0.15, 0.2) is 60.9 Å². The van der Waals surface area contributed by atoms with Gasteiger partial charge in [-0.15, -0.1) is 11.3 Å². The number of aromatic nitrogens is 3. The van der Waals surface area contributed by atoms with E-state index in [1.54, 1.807) is 10.7 Å². The van der Waals surface area contributed by atoms with E-state index in [4.69, 9.17) is 10.7 Å². The van der Waals surface area contributed by atoms with Crippen LogP contribution >= 0.6 is 11.3 Å². The van der Waals surface area contributed by atoms with Crippen LogP contribution in [0.2, 0.25) is 0 Å². The average Bonchev–Trinajstić information content (AvgIpc) is 3.41. The average molecular weight is 450 g/mol. The molecule has 32 heavy (non-hydrogen) atoms. The predicted octanol–water partition coefficient (Wildman–Crippen LogP) is 4.46. The first-order valence-corrected chi connectivity index (χ1v) is 11.5. The van der Waals surface area contributed by atoms with E-state index < -0.39 is 23.7 Å². The van der Waals surface area contributed by atoms with Gasteiger partial charge in [-0.3, -0.25) is 4.79 Å². The Hall–Kier alpha value is -3.10. The number of carbonyl (C=O) groups is 1. The van der Waals surface area contributed by atoms with Crippen LogP contribution in [0.3, 0.4) is 0 Å². The summed E-state index contributed by atoms with van der Waals surface area (Å²) in [6.45, 7) is 1.51. The summed E-state index contributed by atoms with van der Waals surface area (Å²) in [5.41, 5.74) is 7.99. The van der Waals surface area contributed by atoms with Crippen LogP contribution in [0.25, 0.3) is 27.2 Å². The quantitative estimate of drug-likeness (QED) is 0.482. The first kappa shape index (κ1) is 20.8. The molecule has 3 heterocycles. The number of nitrogens with zero attached hydrogens (tertiary/aromatic N) is 3. The van der Waals surface area contributed by atoms with Gasteiger partial charge in [0, 0.05) is 17.8 Å². The number of carbonyl (C=O) groups excluding carboxylic acids is 1. The first-order valence-electron chi connectivity index (χ1n) is 10.7. The van der Waals surface area contributed by atoms with Gasteiger partial charge in [0.05, 0.1) is 28.3 Å². The third-order valence-corrected chi connectivity index (χ3v) is 7.21. The lowest BCUT2D eigenvalue weighted by Crippen LogP contribution is -2.60. The van der Waals surface area contributed by atoms with Gasteiger partial charge in [-0.2, -0.15) is 5.10 Å². The molecule has 3 aromatic heterocycles. The lowest BCUT2D eigenvalue weighted by Gasteiger charge is -2.39. The number of nitrogens with one attached hydrogen (secondary N) is 1. The smallest absolute Gasteiger partial charge is 0.280 e. The maximum absolute atomic E-state index is 15.1. The van der Waals surface area contributed by atoms with Gasteiger partial charge in [0.2, 0.25) is 0 Å². The van der Waals surface area contributed by atoms with E-state index in [1.807, 2.05) is 54.7 Å². The molecule has 1 fully saturated rings. The predicted molar refractivity (Wildman–Crippen MR) is 124 cm³/mol. The van der Waals surface area contributed by atoms with Gasteiger partial charge in [-0.05, 0) is 43.9 Å². The summed E-state index contributed by atoms with van der Waals surface area (Å²) in [4.78, 5) is 18.7. The number of thiazole rings is 1. The third-order valence-electron chi connectivity index (χ3n) is 6.11. The molecule has 5 rings (SSSR count). The molecule has 3 unspecified atom stereocenters. The maximum Gasteiger partial charge on any atom is 0.280 e. The molecule has 1 aromatic carbocycles. The molecular formula is C24H24FN5OS. The molecule has 0 saturated heterocycles. The van der Waals surface area contributed by atoms with Crippen molar-refractivity contribution < 1.29 is 9.18 Å². The molecule has 1 aliphatic carbocycles. The molecule has 0 spiro atoms. The Balaban J connectivity index is 1.56. The molecule has 1 amide bonds. The summed E-state index contributed by atoms with van der Waals surface area (Å²) >= 11 is 1.29. The Morgan fingerprint density at radius 1 is 1.25 bits per heavy atom. The van der Waals surface area contributed by atoms with Gasteiger partial charge in [-0.1, -0.05) is 36.4 Å². The van der Waals surface area contributed by atoms with E-state index in [1.165, 1.54) is 18.3 Å². The van der Waals surface area contributed by atoms with Crippen LogP contribution < -0.4 is 11.1 Å². The van der Waals surface area contributed by atoms with E-state index in [0.29, 0.717) is 18.5 Å². The van der Waals surface area contributed by atoms with Crippen molar-refractivity contribution in [2.45, 2.75) is 43.9 Å². The van der Waals surface area contributed by atoms with Crippen LogP contribution in [-0.4, -0.2) is 38.3 Å². The molecular weight excluding hydrogens is 425 g/mol. The van der Waals surface area contributed by atoms with Crippen LogP contribution in [0.5, 0.6) is 0 Å². The summed E-state index contributed by atoms with van der Waals surface area (Å²) < 4.78 is 16.9. The number of amides is 1. The van der Waals surface area contributed by atoms with Gasteiger partial charge in [-0.25, -0.2) is 13.9 Å². The number of halogens is 1. The minimum absolute atomic E-state index is 0.280. The van der Waals surface area contributed by atoms with E-state index in [2.05, 4.69) is 10.4 Å². The zero-order chi connectivity index (χ0) is 22.3. The van der Waals surface area contributed by atoms with E-state index >= 15 is 4.39 Å². The van der Waals surface area contributed by atoms with E-state index in [9.17, 15) is 4.79 Å². The molecule has 164 valence electrons. The standard InChI is InChI=1S/C24H24FN5OS/c1-24(25)12-7-10-17(26)21(24)29-22(31)23-28-19(20(32-23)15-8-3-2-4-9-15)16-14-27-30-13-6-5-11-18(16)30/h2-6,8-9,11,13-14,17,21H,7,10,12,26H2,1H3,(H,29,31). The normalized spacial score (nSPS) is 23.3. The molecule has 6 nitrogen and oxygen atoms in total. The van der Waals surface area contributed by atoms with E-state index in [-0.39, 0.29) is 5.01 Å². The highest BCUT2D eigenvalue weighted by Crippen LogP contribution is 2.39. The first-order chi connectivity index (χ1) is 15.4. The Morgan fingerprint density at radius 2 is 2.03 bits per heavy atom. The summed E-state index contributed by atoms with van der Waals surface area (Å²) in [6, 6.07) is 14.5. The molecule has 0 radical (unpaired) electrons. The van der Waals surface area contributed by atoms with Crippen molar-refractivity contribution in [3.05, 3.63) is 65.9 Å². The number of nitrogens with two attached hydrogens (primary N) is 1. The van der Waals surface area contributed by atoms with E-state index in [0.717, 1.165) is 27.9 Å². The second-order valence-corrected chi connectivity index (χ2v) is 9.44. The number of hydrogen-bond acceptors (Lipinski definition) is 5. The summed E-state index contributed by atoms with van der Waals surface area (Å²) in [5.74, 6) is -0.402. The van der Waals surface area contributed by atoms with Crippen molar-refractivity contribution in [1.82, 2.24) is 19.9 Å². The van der Waals surface area contributed by atoms with Crippen molar-refractivity contribution in [2.75, 3.05) is 0 Å². The Kier molecular flexibility index (Phi) is 5.27. The fourth-order valence-corrected chi connectivity index (χ4v) is 5.40. The van der Waals surface area contributed by atoms with Crippen molar-refractivity contribution in [3.63, 3.8) is 0 Å². The van der Waals surface area contributed by atoms with Crippen molar-refractivity contribution in [2.24, 2.45) is 5.73 Å². The van der Waals surface area contributed by atoms with Crippen molar-refractivity contribution in [3.8, 4) is 21.7 Å². The van der Waals surface area contributed by atoms with Crippen LogP contribution in [-0.2, 0) is 0 Å². The van der Waals surface area contributed by atoms with Crippen LogP contribution in [0, 0.1) is 0 Å². The highest BCUT2D eigenvalue weighted by molar-refractivity contribution is 7.17. The highest BCUT2D eigenvalue weighted by Gasteiger charge is 2.42. The fourth-order valence-electron chi connectivity index (χ4n) is 4.41. The zero-order valence-electron chi connectivity index (χ0n) is 17.7. The number of pyridine rings is 1. The molecule has 8 heteroatoms. The van der Waals surface area contributed by atoms with Crippen molar-refractivity contribution in [1.29, 1.82) is 0 Å². The molecule has 0 aliphatic heterocycles. The summed E-state index contributed by atoms with van der Waals surface area (Å²) in [5, 5.41) is 7.54. The molecule has 4 aromatic rings. The molecule has 3 atom stereocenters. The zero-order valence-corrected chi connectivity index (χ0v) is 18.5. The van der Waals surface area contributed by atoms with Gasteiger partial charge in [0.15, 0.2) is 5.01 Å². The Labute approximate surface area is 189 Å². The summed E-state index contributed by atoms with van der Waals surface area (Å²) in [7, 11) is 0. The van der Waals surface area contributed by atoms with Gasteiger partial charge in [0.25, 0.3) is 5.91 Å². The number of fused-ring (bicyclic) bond motifs is 1. The minimum Gasteiger partial charge on any atom is -0.342 e. The molecule has 0 bridgehead atoms. The largest absolute Gasteiger partial charge is 0.342 e. The SMILES string of the molecule is CC1(F)CCCC(N)C1NC(=O)c1nc(-c2cnn3ccccc23)c(-c2ccccc2)s1. The third kappa shape index (κ3) is 3.69. The number of rotatable bonds is 4. The Bertz CT molecular complexity index is 1270. The number of hydrogen-bond donors (Lipinski definition) is 2. The monoisotopic (exact) mass is 449 g/mol. The highest BCUT2D eigenvalue weighted by atomic mass is 32.1. The van der Waals surface area contributed by atoms with Gasteiger partial charge < -0.3 is 11.1 Å². The lowest BCUT2D eigenvalue weighted by atomic mass is 9.80. The molecule has 3 N–H and O–H groups in total. The number of benzene rings is 1. The second kappa shape index (κ2) is 8.11. The summed E-state index contributed by atoms with van der Waals surface area (Å²) in [6.07, 6.45) is 5.41. The van der Waals surface area contributed by atoms with Crippen molar-refractivity contribution >= 4 is 22.8 Å². The molecule has 1 saturated carbocycles. The fraction of sp³-hybridized carbons (Fsp3) is 0.292. The van der Waals surface area contributed by atoms with Gasteiger partial charge in [0.1, 0.15) is 5.67 Å². The van der Waals surface area contributed by atoms with Crippen LogP contribution in [0.4, 0.5) is 4.39 Å². The topological polar surface area (TPSA) is 85.3 Å². The lowest BCUT2D eigenvalue weighted by molar-refractivity contribution is 0.0579. The van der Waals surface area contributed by atoms with Crippen LogP contribution in [0.1, 0.15) is 36.0 Å². The second-order valence-electron chi connectivity index (χ2n) is 8.44. The molecule has 1 aliphatic rings. The van der Waals surface area contributed by atoms with Gasteiger partial charge >= 0.3 is 0 Å². The number of alkyl halides is 1. The minimum atomic E-state index is -1.54. The Morgan fingerprint density at radius 3 is 2.81 bits per heavy atom. The maximum atomic E-state index is 15.1.